The second kappa shape index (κ2) is 7.43. The smallest absolute Gasteiger partial charge is 0.258 e. The average Bonchev–Trinajstić information content (AvgIpc) is 2.60. The number of nitrogens with two attached hydrogens (primary N) is 1. The molecule has 0 fully saturated rings. The molecule has 4 nitrogen and oxygen atoms in total. The number of nitrogens with zero attached hydrogens (tertiary/aromatic N) is 1. The lowest BCUT2D eigenvalue weighted by Crippen LogP contribution is -2.20. The van der Waals surface area contributed by atoms with E-state index >= 15 is 0 Å². The highest BCUT2D eigenvalue weighted by molar-refractivity contribution is 5.82. The second-order valence-corrected chi connectivity index (χ2v) is 6.59. The Balaban J connectivity index is 1.69. The zero-order chi connectivity index (χ0) is 17.8. The molecule has 3 rings (SSSR count). The summed E-state index contributed by atoms with van der Waals surface area (Å²) < 4.78 is 7.45. The summed E-state index contributed by atoms with van der Waals surface area (Å²) in [6, 6.07) is 15.5. The van der Waals surface area contributed by atoms with Crippen molar-refractivity contribution in [2.75, 3.05) is 12.3 Å². The summed E-state index contributed by atoms with van der Waals surface area (Å²) in [4.78, 5) is 12.7. The Kier molecular flexibility index (Phi) is 5.08. The van der Waals surface area contributed by atoms with Gasteiger partial charge in [0, 0.05) is 29.9 Å². The summed E-state index contributed by atoms with van der Waals surface area (Å²) in [5, 5.41) is 1.77. The van der Waals surface area contributed by atoms with E-state index in [0.717, 1.165) is 22.9 Å². The van der Waals surface area contributed by atoms with Crippen molar-refractivity contribution in [3.05, 3.63) is 70.6 Å². The van der Waals surface area contributed by atoms with E-state index in [1.165, 1.54) is 5.56 Å². The van der Waals surface area contributed by atoms with Crippen LogP contribution in [0.2, 0.25) is 0 Å². The molecule has 0 aliphatic heterocycles. The van der Waals surface area contributed by atoms with Crippen molar-refractivity contribution in [3.63, 3.8) is 0 Å². The molecule has 2 aromatic carbocycles. The van der Waals surface area contributed by atoms with E-state index in [0.29, 0.717) is 24.8 Å². The summed E-state index contributed by atoms with van der Waals surface area (Å²) in [6.45, 7) is 5.44. The first kappa shape index (κ1) is 17.1. The zero-order valence-corrected chi connectivity index (χ0v) is 14.7. The highest BCUT2D eigenvalue weighted by atomic mass is 16.5. The number of hydrogen-bond donors (Lipinski definition) is 1. The summed E-state index contributed by atoms with van der Waals surface area (Å²) in [6.07, 6.45) is 2.62. The summed E-state index contributed by atoms with van der Waals surface area (Å²) >= 11 is 0. The van der Waals surface area contributed by atoms with Gasteiger partial charge >= 0.3 is 0 Å². The highest BCUT2D eigenvalue weighted by Gasteiger charge is 2.06. The Morgan fingerprint density at radius 3 is 2.72 bits per heavy atom. The van der Waals surface area contributed by atoms with Gasteiger partial charge in [0.2, 0.25) is 0 Å². The number of nitrogen functional groups attached to an aromatic ring is 1. The van der Waals surface area contributed by atoms with Gasteiger partial charge in [0.15, 0.2) is 0 Å². The number of fused-ring (bicyclic) bond motifs is 1. The van der Waals surface area contributed by atoms with Crippen LogP contribution in [0.4, 0.5) is 5.69 Å². The molecule has 4 heteroatoms. The Hall–Kier alpha value is -2.75. The molecule has 0 bridgehead atoms. The first-order valence-corrected chi connectivity index (χ1v) is 8.66. The molecule has 1 aromatic heterocycles. The molecule has 130 valence electrons. The van der Waals surface area contributed by atoms with Crippen molar-refractivity contribution < 1.29 is 4.74 Å². The fourth-order valence-electron chi connectivity index (χ4n) is 2.86. The molecule has 0 saturated heterocycles. The molecule has 2 N–H and O–H groups in total. The molecular weight excluding hydrogens is 312 g/mol. The van der Waals surface area contributed by atoms with Crippen molar-refractivity contribution in [1.29, 1.82) is 0 Å². The molecule has 25 heavy (non-hydrogen) atoms. The van der Waals surface area contributed by atoms with Crippen LogP contribution in [0.25, 0.3) is 10.8 Å². The molecule has 0 radical (unpaired) electrons. The Morgan fingerprint density at radius 1 is 1.12 bits per heavy atom. The van der Waals surface area contributed by atoms with Gasteiger partial charge in [0.25, 0.3) is 5.56 Å². The Bertz CT molecular complexity index is 929. The third-order valence-corrected chi connectivity index (χ3v) is 4.34. The van der Waals surface area contributed by atoms with Gasteiger partial charge in [-0.3, -0.25) is 4.79 Å². The van der Waals surface area contributed by atoms with Crippen LogP contribution in [0.5, 0.6) is 5.75 Å². The van der Waals surface area contributed by atoms with Crippen molar-refractivity contribution in [2.45, 2.75) is 32.7 Å². The SMILES string of the molecule is CC(C)c1ccc2ccn(CCCOc3cccc(N)c3)c(=O)c2c1. The fourth-order valence-corrected chi connectivity index (χ4v) is 2.86. The Labute approximate surface area is 147 Å². The van der Waals surface area contributed by atoms with E-state index in [9.17, 15) is 4.79 Å². The number of pyridine rings is 1. The van der Waals surface area contributed by atoms with Gasteiger partial charge < -0.3 is 15.0 Å². The molecule has 0 atom stereocenters. The van der Waals surface area contributed by atoms with Crippen molar-refractivity contribution in [2.24, 2.45) is 0 Å². The summed E-state index contributed by atoms with van der Waals surface area (Å²) in [5.41, 5.74) is 7.67. The minimum absolute atomic E-state index is 0.0592. The van der Waals surface area contributed by atoms with Crippen LogP contribution >= 0.6 is 0 Å². The topological polar surface area (TPSA) is 57.2 Å². The monoisotopic (exact) mass is 336 g/mol. The van der Waals surface area contributed by atoms with Crippen LogP contribution < -0.4 is 16.0 Å². The molecule has 0 amide bonds. The number of anilines is 1. The molecule has 0 spiro atoms. The van der Waals surface area contributed by atoms with Crippen LogP contribution in [0.3, 0.4) is 0 Å². The van der Waals surface area contributed by atoms with Crippen molar-refractivity contribution in [3.8, 4) is 5.75 Å². The minimum atomic E-state index is 0.0592. The fraction of sp³-hybridized carbons (Fsp3) is 0.286. The number of hydrogen-bond acceptors (Lipinski definition) is 3. The highest BCUT2D eigenvalue weighted by Crippen LogP contribution is 2.19. The third-order valence-electron chi connectivity index (χ3n) is 4.34. The predicted octanol–water partition coefficient (Wildman–Crippen LogP) is 4.18. The second-order valence-electron chi connectivity index (χ2n) is 6.59. The zero-order valence-electron chi connectivity index (χ0n) is 14.7. The predicted molar refractivity (Wildman–Crippen MR) is 103 cm³/mol. The average molecular weight is 336 g/mol. The van der Waals surface area contributed by atoms with E-state index in [-0.39, 0.29) is 5.56 Å². The van der Waals surface area contributed by atoms with Crippen LogP contribution in [-0.4, -0.2) is 11.2 Å². The standard InChI is InChI=1S/C21H24N2O2/c1-15(2)17-8-7-16-9-11-23(21(24)20(16)13-17)10-4-12-25-19-6-3-5-18(22)14-19/h3,5-9,11,13-15H,4,10,12,22H2,1-2H3. The maximum absolute atomic E-state index is 12.7. The van der Waals surface area contributed by atoms with Gasteiger partial charge in [0.05, 0.1) is 6.61 Å². The largest absolute Gasteiger partial charge is 0.493 e. The maximum atomic E-state index is 12.7. The maximum Gasteiger partial charge on any atom is 0.258 e. The van der Waals surface area contributed by atoms with Gasteiger partial charge in [-0.25, -0.2) is 0 Å². The van der Waals surface area contributed by atoms with Gasteiger partial charge in [-0.05, 0) is 47.6 Å². The molecule has 0 saturated carbocycles. The first-order valence-electron chi connectivity index (χ1n) is 8.66. The van der Waals surface area contributed by atoms with Gasteiger partial charge in [-0.2, -0.15) is 0 Å². The normalized spacial score (nSPS) is 11.2. The lowest BCUT2D eigenvalue weighted by atomic mass is 10.0. The molecule has 1 heterocycles. The number of benzene rings is 2. The molecule has 3 aromatic rings. The lowest BCUT2D eigenvalue weighted by Gasteiger charge is -2.11. The number of rotatable bonds is 6. The first-order chi connectivity index (χ1) is 12.0. The van der Waals surface area contributed by atoms with Crippen molar-refractivity contribution >= 4 is 16.5 Å². The van der Waals surface area contributed by atoms with E-state index in [4.69, 9.17) is 10.5 Å². The van der Waals surface area contributed by atoms with E-state index in [1.54, 1.807) is 10.6 Å². The van der Waals surface area contributed by atoms with Crippen LogP contribution in [-0.2, 0) is 6.54 Å². The lowest BCUT2D eigenvalue weighted by molar-refractivity contribution is 0.301. The number of aryl methyl sites for hydroxylation is 1. The summed E-state index contributed by atoms with van der Waals surface area (Å²) in [7, 11) is 0. The quantitative estimate of drug-likeness (QED) is 0.543. The van der Waals surface area contributed by atoms with Gasteiger partial charge in [-0.15, -0.1) is 0 Å². The van der Waals surface area contributed by atoms with Crippen LogP contribution in [0, 0.1) is 0 Å². The Morgan fingerprint density at radius 2 is 1.96 bits per heavy atom. The summed E-state index contributed by atoms with van der Waals surface area (Å²) in [5.74, 6) is 1.16. The third kappa shape index (κ3) is 4.02. The molecular formula is C21H24N2O2. The van der Waals surface area contributed by atoms with Crippen molar-refractivity contribution in [1.82, 2.24) is 4.57 Å². The molecule has 0 unspecified atom stereocenters. The van der Waals surface area contributed by atoms with E-state index < -0.39 is 0 Å². The van der Waals surface area contributed by atoms with E-state index in [1.807, 2.05) is 42.6 Å². The van der Waals surface area contributed by atoms with Gasteiger partial charge in [0.1, 0.15) is 5.75 Å². The molecule has 0 aliphatic rings. The van der Waals surface area contributed by atoms with Crippen LogP contribution in [0.15, 0.2) is 59.5 Å². The van der Waals surface area contributed by atoms with Crippen LogP contribution in [0.1, 0.15) is 31.7 Å². The van der Waals surface area contributed by atoms with Gasteiger partial charge in [-0.1, -0.05) is 32.0 Å². The van der Waals surface area contributed by atoms with E-state index in [2.05, 4.69) is 19.9 Å². The number of ether oxygens (including phenoxy) is 1. The minimum Gasteiger partial charge on any atom is -0.493 e. The number of aromatic nitrogens is 1. The molecule has 0 aliphatic carbocycles.